The summed E-state index contributed by atoms with van der Waals surface area (Å²) < 4.78 is 1.32. The Morgan fingerprint density at radius 1 is 1.35 bits per heavy atom. The number of allylic oxidation sites excluding steroid dienone is 2. The van der Waals surface area contributed by atoms with E-state index >= 15 is 0 Å². The van der Waals surface area contributed by atoms with Crippen molar-refractivity contribution in [3.05, 3.63) is 23.9 Å². The summed E-state index contributed by atoms with van der Waals surface area (Å²) in [6.07, 6.45) is 4.20. The summed E-state index contributed by atoms with van der Waals surface area (Å²) in [7, 11) is 0. The largest absolute Gasteiger partial charge is 0.329 e. The Morgan fingerprint density at radius 3 is 2.74 bits per heavy atom. The van der Waals surface area contributed by atoms with Gasteiger partial charge in [0, 0.05) is 24.1 Å². The Bertz CT molecular complexity index is 690. The van der Waals surface area contributed by atoms with Gasteiger partial charge in [0.2, 0.25) is 11.8 Å². The van der Waals surface area contributed by atoms with Crippen LogP contribution in [0.4, 0.5) is 0 Å². The van der Waals surface area contributed by atoms with Crippen LogP contribution in [0.25, 0.3) is 0 Å². The van der Waals surface area contributed by atoms with Gasteiger partial charge in [0.25, 0.3) is 0 Å². The number of ketones is 1. The standard InChI is InChI=1S/C15H19N5O3/c1-15(2)5-11-10(12(21)6-15)3-9(14(23)18-11)4-13(22)19-20-7-16-17-8-20/h7-9H,3-6H2,1-2H3,(H,18,23)(H,19,22). The quantitative estimate of drug-likeness (QED) is 0.845. The van der Waals surface area contributed by atoms with Crippen molar-refractivity contribution in [2.24, 2.45) is 11.3 Å². The number of carbonyl (C=O) groups excluding carboxylic acids is 3. The summed E-state index contributed by atoms with van der Waals surface area (Å²) in [5, 5.41) is 9.99. The molecule has 3 rings (SSSR count). The van der Waals surface area contributed by atoms with E-state index in [1.807, 2.05) is 13.8 Å². The van der Waals surface area contributed by atoms with Gasteiger partial charge in [0.15, 0.2) is 5.78 Å². The molecule has 0 bridgehead atoms. The van der Waals surface area contributed by atoms with Crippen LogP contribution < -0.4 is 10.7 Å². The van der Waals surface area contributed by atoms with Gasteiger partial charge >= 0.3 is 0 Å². The first-order valence-corrected chi connectivity index (χ1v) is 7.55. The van der Waals surface area contributed by atoms with Crippen LogP contribution in [0.1, 0.15) is 39.5 Å². The highest BCUT2D eigenvalue weighted by atomic mass is 16.2. The topological polar surface area (TPSA) is 106 Å². The number of Topliss-reactive ketones (excluding diaryl/α,β-unsaturated/α-hetero) is 1. The number of aromatic nitrogens is 3. The molecule has 1 aliphatic carbocycles. The van der Waals surface area contributed by atoms with Crippen LogP contribution in [0.3, 0.4) is 0 Å². The molecule has 8 heteroatoms. The zero-order valence-corrected chi connectivity index (χ0v) is 13.1. The second-order valence-electron chi connectivity index (χ2n) is 6.90. The zero-order valence-electron chi connectivity index (χ0n) is 13.1. The molecular formula is C15H19N5O3. The Kier molecular flexibility index (Phi) is 3.75. The fraction of sp³-hybridized carbons (Fsp3) is 0.533. The molecule has 0 aromatic carbocycles. The smallest absolute Gasteiger partial charge is 0.239 e. The first-order chi connectivity index (χ1) is 10.8. The molecule has 2 heterocycles. The minimum Gasteiger partial charge on any atom is -0.329 e. The molecule has 0 fully saturated rings. The van der Waals surface area contributed by atoms with Gasteiger partial charge in [-0.25, -0.2) is 4.68 Å². The van der Waals surface area contributed by atoms with E-state index < -0.39 is 5.92 Å². The molecular weight excluding hydrogens is 298 g/mol. The molecule has 23 heavy (non-hydrogen) atoms. The van der Waals surface area contributed by atoms with E-state index in [4.69, 9.17) is 0 Å². The predicted octanol–water partition coefficient (Wildman–Crippen LogP) is 0.518. The average Bonchev–Trinajstić information content (AvgIpc) is 2.92. The summed E-state index contributed by atoms with van der Waals surface area (Å²) >= 11 is 0. The second-order valence-corrected chi connectivity index (χ2v) is 6.90. The van der Waals surface area contributed by atoms with Crippen molar-refractivity contribution in [3.63, 3.8) is 0 Å². The number of nitrogens with one attached hydrogen (secondary N) is 2. The Labute approximate surface area is 133 Å². The fourth-order valence-electron chi connectivity index (χ4n) is 3.14. The molecule has 1 aromatic heterocycles. The number of rotatable bonds is 3. The van der Waals surface area contributed by atoms with Gasteiger partial charge in [-0.3, -0.25) is 19.8 Å². The van der Waals surface area contributed by atoms with Crippen molar-refractivity contribution >= 4 is 17.6 Å². The highest BCUT2D eigenvalue weighted by molar-refractivity contribution is 6.01. The monoisotopic (exact) mass is 317 g/mol. The number of hydrogen-bond donors (Lipinski definition) is 2. The van der Waals surface area contributed by atoms with Gasteiger partial charge in [-0.1, -0.05) is 13.8 Å². The van der Waals surface area contributed by atoms with E-state index in [1.54, 1.807) is 0 Å². The van der Waals surface area contributed by atoms with Crippen molar-refractivity contribution in [3.8, 4) is 0 Å². The van der Waals surface area contributed by atoms with E-state index in [1.165, 1.54) is 17.3 Å². The molecule has 1 atom stereocenters. The summed E-state index contributed by atoms with van der Waals surface area (Å²) in [5.41, 5.74) is 3.82. The first kappa shape index (κ1) is 15.4. The van der Waals surface area contributed by atoms with Crippen molar-refractivity contribution in [1.82, 2.24) is 20.2 Å². The number of nitrogens with zero attached hydrogens (tertiary/aromatic N) is 3. The van der Waals surface area contributed by atoms with Crippen LogP contribution in [0, 0.1) is 11.3 Å². The maximum atomic E-state index is 12.3. The number of carbonyl (C=O) groups is 3. The zero-order chi connectivity index (χ0) is 16.6. The second kappa shape index (κ2) is 5.60. The molecule has 1 aromatic rings. The van der Waals surface area contributed by atoms with Gasteiger partial charge in [0.1, 0.15) is 12.7 Å². The Morgan fingerprint density at radius 2 is 2.04 bits per heavy atom. The SMILES string of the molecule is CC1(C)CC(=O)C2=C(C1)NC(=O)C(CC(=O)Nn1cnnc1)C2. The number of hydrogen-bond acceptors (Lipinski definition) is 5. The summed E-state index contributed by atoms with van der Waals surface area (Å²) in [6, 6.07) is 0. The van der Waals surface area contributed by atoms with Crippen molar-refractivity contribution in [2.75, 3.05) is 5.43 Å². The predicted molar refractivity (Wildman–Crippen MR) is 80.3 cm³/mol. The van der Waals surface area contributed by atoms with Gasteiger partial charge < -0.3 is 5.32 Å². The molecule has 0 spiro atoms. The minimum absolute atomic E-state index is 0.0114. The van der Waals surface area contributed by atoms with Gasteiger partial charge in [-0.2, -0.15) is 0 Å². The Balaban J connectivity index is 1.69. The lowest BCUT2D eigenvalue weighted by molar-refractivity contribution is -0.129. The maximum Gasteiger partial charge on any atom is 0.239 e. The minimum atomic E-state index is -0.532. The summed E-state index contributed by atoms with van der Waals surface area (Å²) in [6.45, 7) is 4.03. The molecule has 122 valence electrons. The maximum absolute atomic E-state index is 12.3. The fourth-order valence-corrected chi connectivity index (χ4v) is 3.14. The highest BCUT2D eigenvalue weighted by Crippen LogP contribution is 2.39. The molecule has 2 amide bonds. The van der Waals surface area contributed by atoms with E-state index in [0.717, 1.165) is 5.70 Å². The average molecular weight is 317 g/mol. The summed E-state index contributed by atoms with van der Waals surface area (Å²) in [4.78, 5) is 36.5. The molecule has 0 radical (unpaired) electrons. The molecule has 0 saturated carbocycles. The van der Waals surface area contributed by atoms with E-state index in [0.29, 0.717) is 24.8 Å². The molecule has 2 N–H and O–H groups in total. The van der Waals surface area contributed by atoms with E-state index in [9.17, 15) is 14.4 Å². The van der Waals surface area contributed by atoms with Gasteiger partial charge in [-0.15, -0.1) is 10.2 Å². The normalized spacial score (nSPS) is 23.3. The molecule has 1 aliphatic heterocycles. The third-order valence-corrected chi connectivity index (χ3v) is 4.20. The molecule has 1 unspecified atom stereocenters. The lowest BCUT2D eigenvalue weighted by Gasteiger charge is -2.36. The van der Waals surface area contributed by atoms with Crippen molar-refractivity contribution in [1.29, 1.82) is 0 Å². The Hall–Kier alpha value is -2.51. The number of amides is 2. The van der Waals surface area contributed by atoms with Crippen LogP contribution >= 0.6 is 0 Å². The molecule has 0 saturated heterocycles. The van der Waals surface area contributed by atoms with Crippen LogP contribution in [0.2, 0.25) is 0 Å². The van der Waals surface area contributed by atoms with Crippen LogP contribution in [-0.4, -0.2) is 32.5 Å². The van der Waals surface area contributed by atoms with Crippen LogP contribution in [0.15, 0.2) is 23.9 Å². The van der Waals surface area contributed by atoms with Gasteiger partial charge in [-0.05, 0) is 18.3 Å². The van der Waals surface area contributed by atoms with Crippen molar-refractivity contribution in [2.45, 2.75) is 39.5 Å². The van der Waals surface area contributed by atoms with Crippen LogP contribution in [0.5, 0.6) is 0 Å². The van der Waals surface area contributed by atoms with Crippen molar-refractivity contribution < 1.29 is 14.4 Å². The van der Waals surface area contributed by atoms with E-state index in [2.05, 4.69) is 20.9 Å². The third kappa shape index (κ3) is 3.30. The molecule has 2 aliphatic rings. The molecule has 8 nitrogen and oxygen atoms in total. The first-order valence-electron chi connectivity index (χ1n) is 7.55. The van der Waals surface area contributed by atoms with E-state index in [-0.39, 0.29) is 29.4 Å². The van der Waals surface area contributed by atoms with Crippen LogP contribution in [-0.2, 0) is 14.4 Å². The highest BCUT2D eigenvalue weighted by Gasteiger charge is 2.39. The lowest BCUT2D eigenvalue weighted by atomic mass is 9.72. The van der Waals surface area contributed by atoms with Gasteiger partial charge in [0.05, 0.1) is 5.92 Å². The summed E-state index contributed by atoms with van der Waals surface area (Å²) in [5.74, 6) is -0.985. The lowest BCUT2D eigenvalue weighted by Crippen LogP contribution is -2.43. The third-order valence-electron chi connectivity index (χ3n) is 4.20.